The van der Waals surface area contributed by atoms with Crippen molar-refractivity contribution in [2.75, 3.05) is 26.3 Å². The molecule has 2 aliphatic rings. The molecule has 1 atom stereocenters. The molecule has 2 aromatic rings. The van der Waals surface area contributed by atoms with Crippen molar-refractivity contribution < 1.29 is 13.9 Å². The van der Waals surface area contributed by atoms with Crippen molar-refractivity contribution in [3.05, 3.63) is 44.8 Å². The van der Waals surface area contributed by atoms with E-state index in [0.29, 0.717) is 31.3 Å². The van der Waals surface area contributed by atoms with Crippen molar-refractivity contribution in [1.82, 2.24) is 4.90 Å². The number of halogens is 1. The molecule has 0 amide bonds. The van der Waals surface area contributed by atoms with Gasteiger partial charge in [-0.1, -0.05) is 18.5 Å². The van der Waals surface area contributed by atoms with Crippen LogP contribution < -0.4 is 5.63 Å². The van der Waals surface area contributed by atoms with E-state index in [1.165, 1.54) is 0 Å². The van der Waals surface area contributed by atoms with Gasteiger partial charge in [-0.05, 0) is 49.1 Å². The Hall–Kier alpha value is -1.40. The fourth-order valence-electron chi connectivity index (χ4n) is 4.04. The monoisotopic (exact) mass is 377 g/mol. The highest BCUT2D eigenvalue weighted by atomic mass is 35.5. The van der Waals surface area contributed by atoms with Gasteiger partial charge in [-0.2, -0.15) is 0 Å². The lowest BCUT2D eigenvalue weighted by molar-refractivity contribution is -0.101. The van der Waals surface area contributed by atoms with Crippen molar-refractivity contribution in [3.63, 3.8) is 0 Å². The van der Waals surface area contributed by atoms with Gasteiger partial charge in [0.15, 0.2) is 6.29 Å². The molecule has 140 valence electrons. The van der Waals surface area contributed by atoms with Crippen LogP contribution in [0.3, 0.4) is 0 Å². The molecule has 0 radical (unpaired) electrons. The Morgan fingerprint density at radius 2 is 2.00 bits per heavy atom. The first-order chi connectivity index (χ1) is 12.6. The summed E-state index contributed by atoms with van der Waals surface area (Å²) in [7, 11) is 0. The molecule has 0 spiro atoms. The second-order valence-electron chi connectivity index (χ2n) is 7.13. The Morgan fingerprint density at radius 1 is 1.19 bits per heavy atom. The highest BCUT2D eigenvalue weighted by Gasteiger charge is 2.31. The van der Waals surface area contributed by atoms with Crippen LogP contribution in [0, 0.1) is 5.92 Å². The van der Waals surface area contributed by atoms with Gasteiger partial charge in [0.1, 0.15) is 5.58 Å². The summed E-state index contributed by atoms with van der Waals surface area (Å²) in [6.07, 6.45) is 2.94. The van der Waals surface area contributed by atoms with Crippen LogP contribution in [0.1, 0.15) is 30.9 Å². The van der Waals surface area contributed by atoms with Gasteiger partial charge in [0.2, 0.25) is 0 Å². The summed E-state index contributed by atoms with van der Waals surface area (Å²) in [5.41, 5.74) is 2.26. The van der Waals surface area contributed by atoms with E-state index >= 15 is 0 Å². The average molecular weight is 378 g/mol. The van der Waals surface area contributed by atoms with Crippen LogP contribution >= 0.6 is 11.6 Å². The van der Waals surface area contributed by atoms with Gasteiger partial charge in [-0.25, -0.2) is 4.79 Å². The highest BCUT2D eigenvalue weighted by molar-refractivity contribution is 6.32. The van der Waals surface area contributed by atoms with Gasteiger partial charge >= 0.3 is 5.63 Å². The summed E-state index contributed by atoms with van der Waals surface area (Å²) in [4.78, 5) is 14.4. The molecule has 1 aromatic heterocycles. The average Bonchev–Trinajstić information content (AvgIpc) is 3.17. The van der Waals surface area contributed by atoms with E-state index in [2.05, 4.69) is 4.90 Å². The first kappa shape index (κ1) is 18.0. The fourth-order valence-corrected chi connectivity index (χ4v) is 4.33. The molecule has 0 N–H and O–H groups in total. The number of likely N-dealkylation sites (tertiary alicyclic amines) is 1. The quantitative estimate of drug-likeness (QED) is 0.762. The maximum atomic E-state index is 12.0. The van der Waals surface area contributed by atoms with Gasteiger partial charge in [-0.15, -0.1) is 0 Å². The number of nitrogens with zero attached hydrogens (tertiary/aromatic N) is 1. The smallest absolute Gasteiger partial charge is 0.336 e. The SMILES string of the molecule is CCc1cc2oc(=O)cc(CN3CCC[C@@H](C4OCCO4)C3)c2cc1Cl. The predicted molar refractivity (Wildman–Crippen MR) is 101 cm³/mol. The minimum atomic E-state index is -0.312. The van der Waals surface area contributed by atoms with Crippen LogP contribution in [-0.4, -0.2) is 37.5 Å². The number of hydrogen-bond donors (Lipinski definition) is 0. The number of fused-ring (bicyclic) bond motifs is 1. The molecule has 2 saturated heterocycles. The third-order valence-electron chi connectivity index (χ3n) is 5.35. The van der Waals surface area contributed by atoms with Gasteiger partial charge in [0.25, 0.3) is 0 Å². The number of hydrogen-bond acceptors (Lipinski definition) is 5. The maximum absolute atomic E-state index is 12.0. The fraction of sp³-hybridized carbons (Fsp3) is 0.550. The second-order valence-corrected chi connectivity index (χ2v) is 7.54. The predicted octanol–water partition coefficient (Wildman–Crippen LogP) is 3.59. The molecule has 0 bridgehead atoms. The topological polar surface area (TPSA) is 51.9 Å². The lowest BCUT2D eigenvalue weighted by atomic mass is 9.96. The van der Waals surface area contributed by atoms with Gasteiger partial charge in [0.05, 0.1) is 13.2 Å². The first-order valence-electron chi connectivity index (χ1n) is 9.34. The second kappa shape index (κ2) is 7.69. The Labute approximate surface area is 157 Å². The molecular formula is C20H24ClNO4. The van der Waals surface area contributed by atoms with Gasteiger partial charge in [-0.3, -0.25) is 4.90 Å². The van der Waals surface area contributed by atoms with E-state index < -0.39 is 0 Å². The van der Waals surface area contributed by atoms with E-state index in [1.54, 1.807) is 6.07 Å². The Balaban J connectivity index is 1.60. The molecule has 2 fully saturated rings. The van der Waals surface area contributed by atoms with Crippen LogP contribution in [0.25, 0.3) is 11.0 Å². The molecular weight excluding hydrogens is 354 g/mol. The van der Waals surface area contributed by atoms with Crippen LogP contribution in [0.15, 0.2) is 27.4 Å². The minimum absolute atomic E-state index is 0.0862. The summed E-state index contributed by atoms with van der Waals surface area (Å²) in [6.45, 7) is 6.02. The molecule has 26 heavy (non-hydrogen) atoms. The van der Waals surface area contributed by atoms with Crippen molar-refractivity contribution in [3.8, 4) is 0 Å². The molecule has 0 unspecified atom stereocenters. The molecule has 4 rings (SSSR count). The first-order valence-corrected chi connectivity index (χ1v) is 9.72. The van der Waals surface area contributed by atoms with Crippen LogP contribution in [-0.2, 0) is 22.4 Å². The number of piperidine rings is 1. The molecule has 3 heterocycles. The van der Waals surface area contributed by atoms with Crippen LogP contribution in [0.4, 0.5) is 0 Å². The summed E-state index contributed by atoms with van der Waals surface area (Å²) in [5.74, 6) is 0.382. The van der Waals surface area contributed by atoms with Crippen molar-refractivity contribution in [1.29, 1.82) is 0 Å². The van der Waals surface area contributed by atoms with Crippen molar-refractivity contribution >= 4 is 22.6 Å². The summed E-state index contributed by atoms with van der Waals surface area (Å²) >= 11 is 6.40. The molecule has 1 aromatic carbocycles. The molecule has 2 aliphatic heterocycles. The summed E-state index contributed by atoms with van der Waals surface area (Å²) < 4.78 is 16.8. The lowest BCUT2D eigenvalue weighted by Crippen LogP contribution is -2.40. The van der Waals surface area contributed by atoms with E-state index in [4.69, 9.17) is 25.5 Å². The van der Waals surface area contributed by atoms with Crippen molar-refractivity contribution in [2.45, 2.75) is 39.0 Å². The van der Waals surface area contributed by atoms with E-state index in [0.717, 1.165) is 53.9 Å². The van der Waals surface area contributed by atoms with Crippen molar-refractivity contribution in [2.24, 2.45) is 5.92 Å². The van der Waals surface area contributed by atoms with E-state index in [9.17, 15) is 4.79 Å². The zero-order valence-corrected chi connectivity index (χ0v) is 15.8. The number of aryl methyl sites for hydroxylation is 1. The Bertz CT molecular complexity index is 844. The van der Waals surface area contributed by atoms with Crippen LogP contribution in [0.5, 0.6) is 0 Å². The lowest BCUT2D eigenvalue weighted by Gasteiger charge is -2.34. The largest absolute Gasteiger partial charge is 0.423 e. The molecule has 6 heteroatoms. The van der Waals surface area contributed by atoms with Crippen LogP contribution in [0.2, 0.25) is 5.02 Å². The number of ether oxygens (including phenoxy) is 2. The Morgan fingerprint density at radius 3 is 2.77 bits per heavy atom. The minimum Gasteiger partial charge on any atom is -0.423 e. The normalized spacial score (nSPS) is 22.3. The van der Waals surface area contributed by atoms with E-state index in [1.807, 2.05) is 19.1 Å². The van der Waals surface area contributed by atoms with Gasteiger partial charge in [0, 0.05) is 35.5 Å². The molecule has 0 saturated carbocycles. The third kappa shape index (κ3) is 3.67. The van der Waals surface area contributed by atoms with E-state index in [-0.39, 0.29) is 11.9 Å². The molecule has 0 aliphatic carbocycles. The summed E-state index contributed by atoms with van der Waals surface area (Å²) in [5, 5.41) is 1.64. The maximum Gasteiger partial charge on any atom is 0.336 e. The standard InChI is InChI=1S/C20H24ClNO4/c1-2-13-8-18-16(10-17(13)21)15(9-19(23)26-18)12-22-5-3-4-14(11-22)20-24-6-7-25-20/h8-10,14,20H,2-7,11-12H2,1H3/t14-/m1/s1. The highest BCUT2D eigenvalue weighted by Crippen LogP contribution is 2.29. The third-order valence-corrected chi connectivity index (χ3v) is 5.70. The van der Waals surface area contributed by atoms with Gasteiger partial charge < -0.3 is 13.9 Å². The molecule has 5 nitrogen and oxygen atoms in total. The Kier molecular flexibility index (Phi) is 5.32. The zero-order valence-electron chi connectivity index (χ0n) is 15.0. The number of benzene rings is 1. The zero-order chi connectivity index (χ0) is 18.1. The summed E-state index contributed by atoms with van der Waals surface area (Å²) in [6, 6.07) is 5.41. The number of rotatable bonds is 4.